The number of guanidine groups is 2. The molecule has 0 aromatic heterocycles. The van der Waals surface area contributed by atoms with Crippen LogP contribution in [0.1, 0.15) is 11.1 Å². The lowest BCUT2D eigenvalue weighted by Gasteiger charge is -2.06. The topological polar surface area (TPSA) is 101 Å². The molecule has 0 fully saturated rings. The van der Waals surface area contributed by atoms with Crippen molar-refractivity contribution in [3.8, 4) is 0 Å². The third-order valence-corrected chi connectivity index (χ3v) is 3.98. The monoisotopic (exact) mass is 500 g/mol. The van der Waals surface area contributed by atoms with Crippen molar-refractivity contribution < 1.29 is 0 Å². The van der Waals surface area contributed by atoms with Crippen LogP contribution >= 0.6 is 24.0 Å². The van der Waals surface area contributed by atoms with Gasteiger partial charge in [-0.05, 0) is 35.4 Å². The fourth-order valence-electron chi connectivity index (χ4n) is 2.52. The molecule has 0 spiro atoms. The van der Waals surface area contributed by atoms with Crippen LogP contribution < -0.4 is 22.1 Å². The van der Waals surface area contributed by atoms with Crippen LogP contribution in [0.25, 0.3) is 0 Å². The number of nitrogens with zero attached hydrogens (tertiary/aromatic N) is 2. The minimum atomic E-state index is 0. The zero-order chi connectivity index (χ0) is 19.6. The molecule has 3 rings (SSSR count). The highest BCUT2D eigenvalue weighted by Gasteiger charge is 1.98. The second-order valence-electron chi connectivity index (χ2n) is 6.20. The summed E-state index contributed by atoms with van der Waals surface area (Å²) in [5.74, 6) is 0.777. The number of nitrogens with one attached hydrogen (secondary N) is 2. The summed E-state index contributed by atoms with van der Waals surface area (Å²) < 4.78 is 0. The third-order valence-electron chi connectivity index (χ3n) is 3.98. The summed E-state index contributed by atoms with van der Waals surface area (Å²) in [6.07, 6.45) is 0. The number of nitrogens with two attached hydrogens (primary N) is 2. The van der Waals surface area contributed by atoms with Gasteiger partial charge in [0.15, 0.2) is 11.9 Å². The Morgan fingerprint density at radius 2 is 0.931 bits per heavy atom. The second kappa shape index (κ2) is 11.7. The zero-order valence-electron chi connectivity index (χ0n) is 16.0. The number of rotatable bonds is 6. The molecule has 0 saturated heterocycles. The Hall–Kier alpha value is -3.07. The van der Waals surface area contributed by atoms with Gasteiger partial charge >= 0.3 is 0 Å². The van der Waals surface area contributed by atoms with Crippen molar-refractivity contribution in [1.29, 1.82) is 0 Å². The average molecular weight is 500 g/mol. The van der Waals surface area contributed by atoms with Crippen LogP contribution in [-0.2, 0) is 13.1 Å². The minimum Gasteiger partial charge on any atom is -0.370 e. The van der Waals surface area contributed by atoms with E-state index in [1.807, 2.05) is 84.9 Å². The van der Waals surface area contributed by atoms with Crippen molar-refractivity contribution >= 4 is 47.3 Å². The first-order chi connectivity index (χ1) is 13.7. The van der Waals surface area contributed by atoms with Gasteiger partial charge in [-0.15, -0.1) is 24.0 Å². The molecule has 3 aromatic carbocycles. The number of halogens is 1. The van der Waals surface area contributed by atoms with E-state index in [4.69, 9.17) is 11.5 Å². The van der Waals surface area contributed by atoms with E-state index < -0.39 is 0 Å². The molecule has 0 aliphatic carbocycles. The van der Waals surface area contributed by atoms with Crippen molar-refractivity contribution in [2.24, 2.45) is 21.5 Å². The van der Waals surface area contributed by atoms with Gasteiger partial charge in [0, 0.05) is 11.4 Å². The molecule has 150 valence electrons. The molecule has 0 bridgehead atoms. The van der Waals surface area contributed by atoms with E-state index in [1.54, 1.807) is 0 Å². The maximum Gasteiger partial charge on any atom is 0.193 e. The SMILES string of the molecule is I.NC(=NCc1ccc(CN=C(N)Nc2ccccc2)cc1)Nc1ccccc1. The summed E-state index contributed by atoms with van der Waals surface area (Å²) in [7, 11) is 0. The fourth-order valence-corrected chi connectivity index (χ4v) is 2.52. The molecule has 0 amide bonds. The van der Waals surface area contributed by atoms with Crippen molar-refractivity contribution in [3.63, 3.8) is 0 Å². The number of hydrogen-bond acceptors (Lipinski definition) is 2. The zero-order valence-corrected chi connectivity index (χ0v) is 18.3. The Morgan fingerprint density at radius 3 is 1.28 bits per heavy atom. The summed E-state index contributed by atoms with van der Waals surface area (Å²) in [5.41, 5.74) is 15.8. The van der Waals surface area contributed by atoms with E-state index >= 15 is 0 Å². The lowest BCUT2D eigenvalue weighted by atomic mass is 10.1. The van der Waals surface area contributed by atoms with Gasteiger partial charge in [0.2, 0.25) is 0 Å². The van der Waals surface area contributed by atoms with Crippen LogP contribution in [0.4, 0.5) is 11.4 Å². The summed E-state index contributed by atoms with van der Waals surface area (Å²) in [6, 6.07) is 27.5. The number of hydrogen-bond donors (Lipinski definition) is 4. The van der Waals surface area contributed by atoms with Gasteiger partial charge in [0.25, 0.3) is 0 Å². The van der Waals surface area contributed by atoms with Crippen LogP contribution in [0.15, 0.2) is 94.9 Å². The van der Waals surface area contributed by atoms with Gasteiger partial charge in [0.05, 0.1) is 13.1 Å². The lowest BCUT2D eigenvalue weighted by Crippen LogP contribution is -2.22. The number of aliphatic imine (C=N–C) groups is 2. The highest BCUT2D eigenvalue weighted by Crippen LogP contribution is 2.09. The first kappa shape index (κ1) is 22.2. The summed E-state index contributed by atoms with van der Waals surface area (Å²) in [5, 5.41) is 6.13. The summed E-state index contributed by atoms with van der Waals surface area (Å²) >= 11 is 0. The van der Waals surface area contributed by atoms with E-state index in [0.717, 1.165) is 22.5 Å². The molecule has 3 aromatic rings. The normalized spacial score (nSPS) is 11.4. The van der Waals surface area contributed by atoms with E-state index in [1.165, 1.54) is 0 Å². The molecule has 6 nitrogen and oxygen atoms in total. The van der Waals surface area contributed by atoms with Crippen molar-refractivity contribution in [2.75, 3.05) is 10.6 Å². The summed E-state index contributed by atoms with van der Waals surface area (Å²) in [6.45, 7) is 1.01. The van der Waals surface area contributed by atoms with Gasteiger partial charge in [-0.25, -0.2) is 9.98 Å². The Kier molecular flexibility index (Phi) is 8.97. The maximum absolute atomic E-state index is 5.93. The second-order valence-corrected chi connectivity index (χ2v) is 6.20. The number of para-hydroxylation sites is 2. The molecule has 7 heteroatoms. The van der Waals surface area contributed by atoms with Crippen molar-refractivity contribution in [2.45, 2.75) is 13.1 Å². The fraction of sp³-hybridized carbons (Fsp3) is 0.0909. The largest absolute Gasteiger partial charge is 0.370 e. The first-order valence-corrected chi connectivity index (χ1v) is 9.01. The van der Waals surface area contributed by atoms with Gasteiger partial charge in [-0.2, -0.15) is 0 Å². The highest BCUT2D eigenvalue weighted by atomic mass is 127. The Labute approximate surface area is 188 Å². The smallest absolute Gasteiger partial charge is 0.193 e. The van der Waals surface area contributed by atoms with Gasteiger partial charge in [0.1, 0.15) is 0 Å². The van der Waals surface area contributed by atoms with E-state index in [0.29, 0.717) is 25.0 Å². The molecule has 0 radical (unpaired) electrons. The lowest BCUT2D eigenvalue weighted by molar-refractivity contribution is 1.03. The molecule has 0 aliphatic heterocycles. The number of benzene rings is 3. The van der Waals surface area contributed by atoms with Crippen molar-refractivity contribution in [3.05, 3.63) is 96.1 Å². The van der Waals surface area contributed by atoms with Crippen LogP contribution in [0.2, 0.25) is 0 Å². The van der Waals surface area contributed by atoms with Crippen LogP contribution in [-0.4, -0.2) is 11.9 Å². The predicted octanol–water partition coefficient (Wildman–Crippen LogP) is 4.16. The van der Waals surface area contributed by atoms with E-state index in [9.17, 15) is 0 Å². The average Bonchev–Trinajstić information content (AvgIpc) is 2.73. The molecule has 0 atom stereocenters. The molecule has 0 unspecified atom stereocenters. The van der Waals surface area contributed by atoms with Crippen LogP contribution in [0.3, 0.4) is 0 Å². The predicted molar refractivity (Wildman–Crippen MR) is 133 cm³/mol. The molecular weight excluding hydrogens is 475 g/mol. The van der Waals surface area contributed by atoms with Crippen LogP contribution in [0, 0.1) is 0 Å². The van der Waals surface area contributed by atoms with E-state index in [2.05, 4.69) is 20.6 Å². The van der Waals surface area contributed by atoms with Crippen molar-refractivity contribution in [1.82, 2.24) is 0 Å². The standard InChI is InChI=1S/C22H24N6.HI/c23-21(27-19-7-3-1-4-8-19)25-15-17-11-13-18(14-12-17)16-26-22(24)28-20-9-5-2-6-10-20;/h1-14H,15-16H2,(H3,23,25,27)(H3,24,26,28);1H. The molecule has 29 heavy (non-hydrogen) atoms. The third kappa shape index (κ3) is 7.82. The Bertz CT molecular complexity index is 846. The first-order valence-electron chi connectivity index (χ1n) is 9.01. The minimum absolute atomic E-state index is 0. The molecular formula is C22H25IN6. The molecule has 0 saturated carbocycles. The van der Waals surface area contributed by atoms with E-state index in [-0.39, 0.29) is 24.0 Å². The quantitative estimate of drug-likeness (QED) is 0.232. The highest BCUT2D eigenvalue weighted by molar-refractivity contribution is 14.0. The molecule has 6 N–H and O–H groups in total. The van der Waals surface area contributed by atoms with Gasteiger partial charge < -0.3 is 22.1 Å². The summed E-state index contributed by atoms with van der Waals surface area (Å²) in [4.78, 5) is 8.73. The van der Waals surface area contributed by atoms with Gasteiger partial charge in [-0.1, -0.05) is 60.7 Å². The number of anilines is 2. The molecule has 0 heterocycles. The van der Waals surface area contributed by atoms with Crippen LogP contribution in [0.5, 0.6) is 0 Å². The Morgan fingerprint density at radius 1 is 0.586 bits per heavy atom. The Balaban J connectivity index is 0.00000300. The van der Waals surface area contributed by atoms with Gasteiger partial charge in [-0.3, -0.25) is 0 Å². The maximum atomic E-state index is 5.93. The molecule has 0 aliphatic rings.